The van der Waals surface area contributed by atoms with Crippen LogP contribution in [0.2, 0.25) is 0 Å². The third-order valence-corrected chi connectivity index (χ3v) is 4.05. The Morgan fingerprint density at radius 1 is 1.35 bits per heavy atom. The van der Waals surface area contributed by atoms with Crippen molar-refractivity contribution in [2.24, 2.45) is 0 Å². The first-order valence-electron chi connectivity index (χ1n) is 6.47. The molecule has 0 aliphatic carbocycles. The fraction of sp³-hybridized carbons (Fsp3) is 0.267. The van der Waals surface area contributed by atoms with Gasteiger partial charge in [-0.05, 0) is 42.3 Å². The summed E-state index contributed by atoms with van der Waals surface area (Å²) in [6.07, 6.45) is 2.13. The fourth-order valence-corrected chi connectivity index (χ4v) is 2.69. The van der Waals surface area contributed by atoms with E-state index in [1.807, 2.05) is 24.3 Å². The molecule has 0 fully saturated rings. The van der Waals surface area contributed by atoms with E-state index in [1.54, 1.807) is 6.07 Å². The first-order valence-corrected chi connectivity index (χ1v) is 7.29. The molecule has 0 saturated heterocycles. The van der Waals surface area contributed by atoms with Gasteiger partial charge in [-0.15, -0.1) is 11.3 Å². The van der Waals surface area contributed by atoms with Crippen LogP contribution in [-0.2, 0) is 0 Å². The van der Waals surface area contributed by atoms with Crippen LogP contribution in [0.3, 0.4) is 0 Å². The molecule has 0 saturated carbocycles. The van der Waals surface area contributed by atoms with Gasteiger partial charge in [0.05, 0.1) is 12.3 Å². The minimum Gasteiger partial charge on any atom is -0.494 e. The van der Waals surface area contributed by atoms with Gasteiger partial charge in [-0.2, -0.15) is 0 Å². The second kappa shape index (κ2) is 6.43. The van der Waals surface area contributed by atoms with Gasteiger partial charge in [0.25, 0.3) is 0 Å². The van der Waals surface area contributed by atoms with Crippen LogP contribution in [0, 0.1) is 0 Å². The summed E-state index contributed by atoms with van der Waals surface area (Å²) in [7, 11) is 0. The van der Waals surface area contributed by atoms with Gasteiger partial charge in [0, 0.05) is 4.88 Å². The van der Waals surface area contributed by atoms with E-state index in [0.29, 0.717) is 12.3 Å². The zero-order valence-electron chi connectivity index (χ0n) is 11.3. The third-order valence-electron chi connectivity index (χ3n) is 2.86. The molecule has 1 aromatic heterocycles. The van der Waals surface area contributed by atoms with Crippen molar-refractivity contribution in [2.75, 3.05) is 12.3 Å². The monoisotopic (exact) mass is 291 g/mol. The predicted molar refractivity (Wildman–Crippen MR) is 81.5 cm³/mol. The van der Waals surface area contributed by atoms with Gasteiger partial charge in [-0.1, -0.05) is 13.3 Å². The average Bonchev–Trinajstić information content (AvgIpc) is 2.82. The molecule has 1 heterocycles. The Bertz CT molecular complexity index is 590. The Labute approximate surface area is 121 Å². The number of rotatable bonds is 6. The van der Waals surface area contributed by atoms with Gasteiger partial charge >= 0.3 is 5.97 Å². The standard InChI is InChI=1S/C15H17NO3S/c1-2-3-8-19-11-6-4-10(5-7-11)13-9-12(16)14(20-13)15(17)18/h4-7,9H,2-3,8,16H2,1H3,(H,17,18). The lowest BCUT2D eigenvalue weighted by molar-refractivity contribution is 0.0703. The second-order valence-corrected chi connectivity index (χ2v) is 5.48. The summed E-state index contributed by atoms with van der Waals surface area (Å²) in [5.41, 5.74) is 6.94. The number of ether oxygens (including phenoxy) is 1. The molecule has 0 aliphatic rings. The Kier molecular flexibility index (Phi) is 4.63. The van der Waals surface area contributed by atoms with Crippen molar-refractivity contribution >= 4 is 23.0 Å². The van der Waals surface area contributed by atoms with E-state index in [4.69, 9.17) is 15.6 Å². The molecule has 0 aliphatic heterocycles. The predicted octanol–water partition coefficient (Wildman–Crippen LogP) is 3.87. The van der Waals surface area contributed by atoms with Gasteiger partial charge < -0.3 is 15.6 Å². The summed E-state index contributed by atoms with van der Waals surface area (Å²) >= 11 is 1.18. The molecule has 0 unspecified atom stereocenters. The summed E-state index contributed by atoms with van der Waals surface area (Å²) < 4.78 is 5.59. The van der Waals surface area contributed by atoms with Crippen molar-refractivity contribution in [3.8, 4) is 16.2 Å². The number of unbranched alkanes of at least 4 members (excludes halogenated alkanes) is 1. The molecule has 20 heavy (non-hydrogen) atoms. The summed E-state index contributed by atoms with van der Waals surface area (Å²) in [5.74, 6) is -0.163. The quantitative estimate of drug-likeness (QED) is 0.792. The van der Waals surface area contributed by atoms with Crippen LogP contribution in [0.15, 0.2) is 30.3 Å². The second-order valence-electron chi connectivity index (χ2n) is 4.43. The normalized spacial score (nSPS) is 10.4. The van der Waals surface area contributed by atoms with E-state index in [2.05, 4.69) is 6.92 Å². The maximum absolute atomic E-state index is 11.0. The van der Waals surface area contributed by atoms with E-state index >= 15 is 0 Å². The van der Waals surface area contributed by atoms with Crippen molar-refractivity contribution in [3.05, 3.63) is 35.2 Å². The average molecular weight is 291 g/mol. The Balaban J connectivity index is 2.13. The molecule has 4 nitrogen and oxygen atoms in total. The minimum absolute atomic E-state index is 0.184. The van der Waals surface area contributed by atoms with Crippen LogP contribution in [0.25, 0.3) is 10.4 Å². The number of thiophene rings is 1. The third kappa shape index (κ3) is 3.30. The number of nitrogens with two attached hydrogens (primary N) is 1. The highest BCUT2D eigenvalue weighted by Gasteiger charge is 2.13. The number of anilines is 1. The van der Waals surface area contributed by atoms with Crippen molar-refractivity contribution in [3.63, 3.8) is 0 Å². The van der Waals surface area contributed by atoms with Crippen molar-refractivity contribution in [1.82, 2.24) is 0 Å². The van der Waals surface area contributed by atoms with Crippen molar-refractivity contribution in [1.29, 1.82) is 0 Å². The highest BCUT2D eigenvalue weighted by Crippen LogP contribution is 2.33. The van der Waals surface area contributed by atoms with Gasteiger partial charge in [0.1, 0.15) is 10.6 Å². The lowest BCUT2D eigenvalue weighted by Crippen LogP contribution is -1.96. The first kappa shape index (κ1) is 14.4. The van der Waals surface area contributed by atoms with Crippen molar-refractivity contribution in [2.45, 2.75) is 19.8 Å². The van der Waals surface area contributed by atoms with E-state index in [9.17, 15) is 4.79 Å². The van der Waals surface area contributed by atoms with Crippen LogP contribution >= 0.6 is 11.3 Å². The van der Waals surface area contributed by atoms with Crippen LogP contribution in [0.1, 0.15) is 29.4 Å². The van der Waals surface area contributed by atoms with Gasteiger partial charge in [-0.3, -0.25) is 0 Å². The van der Waals surface area contributed by atoms with Crippen LogP contribution in [-0.4, -0.2) is 17.7 Å². The molecule has 3 N–H and O–H groups in total. The zero-order chi connectivity index (χ0) is 14.5. The molecule has 106 valence electrons. The van der Waals surface area contributed by atoms with E-state index < -0.39 is 5.97 Å². The number of carboxylic acids is 1. The fourth-order valence-electron chi connectivity index (χ4n) is 1.76. The lowest BCUT2D eigenvalue weighted by atomic mass is 10.2. The van der Waals surface area contributed by atoms with Crippen LogP contribution in [0.4, 0.5) is 5.69 Å². The minimum atomic E-state index is -0.988. The van der Waals surface area contributed by atoms with E-state index in [-0.39, 0.29) is 4.88 Å². The molecule has 0 bridgehead atoms. The van der Waals surface area contributed by atoms with Crippen LogP contribution in [0.5, 0.6) is 5.75 Å². The largest absolute Gasteiger partial charge is 0.494 e. The van der Waals surface area contributed by atoms with Gasteiger partial charge in [-0.25, -0.2) is 4.79 Å². The summed E-state index contributed by atoms with van der Waals surface area (Å²) in [6, 6.07) is 9.31. The number of aromatic carboxylic acids is 1. The smallest absolute Gasteiger partial charge is 0.348 e. The Hall–Kier alpha value is -2.01. The van der Waals surface area contributed by atoms with Crippen LogP contribution < -0.4 is 10.5 Å². The van der Waals surface area contributed by atoms with Gasteiger partial charge in [0.2, 0.25) is 0 Å². The highest BCUT2D eigenvalue weighted by molar-refractivity contribution is 7.17. The number of hydrogen-bond acceptors (Lipinski definition) is 4. The van der Waals surface area contributed by atoms with Gasteiger partial charge in [0.15, 0.2) is 0 Å². The molecular weight excluding hydrogens is 274 g/mol. The lowest BCUT2D eigenvalue weighted by Gasteiger charge is -2.05. The number of nitrogen functional groups attached to an aromatic ring is 1. The Morgan fingerprint density at radius 2 is 2.05 bits per heavy atom. The molecule has 0 radical (unpaired) electrons. The molecule has 2 rings (SSSR count). The highest BCUT2D eigenvalue weighted by atomic mass is 32.1. The molecule has 1 aromatic carbocycles. The number of carbonyl (C=O) groups is 1. The first-order chi connectivity index (χ1) is 9.61. The SMILES string of the molecule is CCCCOc1ccc(-c2cc(N)c(C(=O)O)s2)cc1. The maximum atomic E-state index is 11.0. The summed E-state index contributed by atoms with van der Waals surface area (Å²) in [6.45, 7) is 2.83. The number of carboxylic acid groups (broad SMARTS) is 1. The molecule has 0 amide bonds. The van der Waals surface area contributed by atoms with E-state index in [1.165, 1.54) is 11.3 Å². The molecule has 0 atom stereocenters. The molecule has 0 spiro atoms. The van der Waals surface area contributed by atoms with Crippen molar-refractivity contribution < 1.29 is 14.6 Å². The maximum Gasteiger partial charge on any atom is 0.348 e. The molecule has 5 heteroatoms. The molecular formula is C15H17NO3S. The van der Waals surface area contributed by atoms with E-state index in [0.717, 1.165) is 29.0 Å². The Morgan fingerprint density at radius 3 is 2.60 bits per heavy atom. The molecule has 2 aromatic rings. The summed E-state index contributed by atoms with van der Waals surface area (Å²) in [4.78, 5) is 12.0. The number of hydrogen-bond donors (Lipinski definition) is 2. The zero-order valence-corrected chi connectivity index (χ0v) is 12.1. The summed E-state index contributed by atoms with van der Waals surface area (Å²) in [5, 5.41) is 9.00. The number of benzene rings is 1. The topological polar surface area (TPSA) is 72.5 Å².